The van der Waals surface area contributed by atoms with E-state index in [0.717, 1.165) is 19.6 Å². The zero-order valence-corrected chi connectivity index (χ0v) is 10.9. The molecule has 2 fully saturated rings. The van der Waals surface area contributed by atoms with Crippen LogP contribution in [-0.4, -0.2) is 38.1 Å². The van der Waals surface area contributed by atoms with E-state index in [0.29, 0.717) is 17.9 Å². The lowest BCUT2D eigenvalue weighted by molar-refractivity contribution is -0.0383. The molecule has 3 nitrogen and oxygen atoms in total. The lowest BCUT2D eigenvalue weighted by atomic mass is 9.93. The maximum Gasteiger partial charge on any atom is 0.112 e. The van der Waals surface area contributed by atoms with Crippen molar-refractivity contribution in [2.24, 2.45) is 11.3 Å². The summed E-state index contributed by atoms with van der Waals surface area (Å²) in [6.45, 7) is 11.2. The van der Waals surface area contributed by atoms with Gasteiger partial charge >= 0.3 is 0 Å². The Hall–Kier alpha value is -0.120. The van der Waals surface area contributed by atoms with E-state index >= 15 is 0 Å². The summed E-state index contributed by atoms with van der Waals surface area (Å²) in [6, 6.07) is 0. The van der Waals surface area contributed by atoms with Gasteiger partial charge in [-0.15, -0.1) is 0 Å². The first-order valence-electron chi connectivity index (χ1n) is 6.32. The van der Waals surface area contributed by atoms with E-state index in [1.165, 1.54) is 0 Å². The average molecular weight is 228 g/mol. The van der Waals surface area contributed by atoms with Gasteiger partial charge in [-0.05, 0) is 11.8 Å². The molecule has 0 aromatic carbocycles. The highest BCUT2D eigenvalue weighted by Gasteiger charge is 2.46. The van der Waals surface area contributed by atoms with E-state index in [-0.39, 0.29) is 18.3 Å². The highest BCUT2D eigenvalue weighted by atomic mass is 16.6. The van der Waals surface area contributed by atoms with Gasteiger partial charge in [-0.3, -0.25) is 0 Å². The minimum atomic E-state index is 0.150. The van der Waals surface area contributed by atoms with Crippen LogP contribution in [0.2, 0.25) is 0 Å². The van der Waals surface area contributed by atoms with Crippen molar-refractivity contribution in [1.82, 2.24) is 0 Å². The molecule has 0 saturated carbocycles. The second-order valence-electron chi connectivity index (χ2n) is 6.29. The molecule has 16 heavy (non-hydrogen) atoms. The first kappa shape index (κ1) is 12.3. The SMILES string of the molecule is C[C@@H]1CO[C@H]2[C@@H]1OC[C@@H]2OCCC(C)(C)C. The van der Waals surface area contributed by atoms with Crippen molar-refractivity contribution in [1.29, 1.82) is 0 Å². The first-order chi connectivity index (χ1) is 7.47. The number of fused-ring (bicyclic) bond motifs is 1. The third-order valence-electron chi connectivity index (χ3n) is 3.44. The molecule has 0 aromatic rings. The smallest absolute Gasteiger partial charge is 0.112 e. The largest absolute Gasteiger partial charge is 0.373 e. The fourth-order valence-electron chi connectivity index (χ4n) is 2.31. The van der Waals surface area contributed by atoms with Gasteiger partial charge in [-0.1, -0.05) is 27.7 Å². The van der Waals surface area contributed by atoms with Gasteiger partial charge in [0.15, 0.2) is 0 Å². The highest BCUT2D eigenvalue weighted by Crippen LogP contribution is 2.32. The number of rotatable bonds is 3. The zero-order chi connectivity index (χ0) is 11.8. The van der Waals surface area contributed by atoms with E-state index in [1.54, 1.807) is 0 Å². The van der Waals surface area contributed by atoms with E-state index in [1.807, 2.05) is 0 Å². The molecule has 0 aliphatic carbocycles. The van der Waals surface area contributed by atoms with Crippen molar-refractivity contribution in [2.45, 2.75) is 52.4 Å². The second kappa shape index (κ2) is 4.63. The van der Waals surface area contributed by atoms with Gasteiger partial charge in [0.05, 0.1) is 19.3 Å². The Morgan fingerprint density at radius 2 is 1.81 bits per heavy atom. The van der Waals surface area contributed by atoms with Gasteiger partial charge in [-0.2, -0.15) is 0 Å². The van der Waals surface area contributed by atoms with E-state index in [9.17, 15) is 0 Å². The van der Waals surface area contributed by atoms with E-state index < -0.39 is 0 Å². The van der Waals surface area contributed by atoms with Gasteiger partial charge < -0.3 is 14.2 Å². The average Bonchev–Trinajstić information content (AvgIpc) is 2.69. The third kappa shape index (κ3) is 2.76. The fourth-order valence-corrected chi connectivity index (χ4v) is 2.31. The lowest BCUT2D eigenvalue weighted by Gasteiger charge is -2.21. The summed E-state index contributed by atoms with van der Waals surface area (Å²) in [5.74, 6) is 0.515. The predicted octanol–water partition coefficient (Wildman–Crippen LogP) is 2.24. The fraction of sp³-hybridized carbons (Fsp3) is 1.00. The molecule has 3 heteroatoms. The van der Waals surface area contributed by atoms with Gasteiger partial charge in [-0.25, -0.2) is 0 Å². The molecule has 0 amide bonds. The van der Waals surface area contributed by atoms with Gasteiger partial charge in [0.1, 0.15) is 12.2 Å². The maximum atomic E-state index is 5.89. The molecule has 2 rings (SSSR count). The van der Waals surface area contributed by atoms with Crippen molar-refractivity contribution in [3.8, 4) is 0 Å². The molecule has 0 bridgehead atoms. The summed E-state index contributed by atoms with van der Waals surface area (Å²) in [7, 11) is 0. The van der Waals surface area contributed by atoms with Crippen LogP contribution in [0.5, 0.6) is 0 Å². The Bertz CT molecular complexity index is 234. The van der Waals surface area contributed by atoms with Crippen LogP contribution < -0.4 is 0 Å². The Balaban J connectivity index is 1.75. The number of hydrogen-bond donors (Lipinski definition) is 0. The molecule has 0 N–H and O–H groups in total. The Morgan fingerprint density at radius 3 is 2.50 bits per heavy atom. The highest BCUT2D eigenvalue weighted by molar-refractivity contribution is 4.93. The summed E-state index contributed by atoms with van der Waals surface area (Å²) in [4.78, 5) is 0. The molecular formula is C13H24O3. The lowest BCUT2D eigenvalue weighted by Crippen LogP contribution is -2.31. The molecule has 2 saturated heterocycles. The van der Waals surface area contributed by atoms with E-state index in [2.05, 4.69) is 27.7 Å². The summed E-state index contributed by atoms with van der Waals surface area (Å²) < 4.78 is 17.4. The maximum absolute atomic E-state index is 5.89. The van der Waals surface area contributed by atoms with Crippen LogP contribution in [0.1, 0.15) is 34.1 Å². The van der Waals surface area contributed by atoms with Crippen LogP contribution in [-0.2, 0) is 14.2 Å². The van der Waals surface area contributed by atoms with E-state index in [4.69, 9.17) is 14.2 Å². The molecule has 2 aliphatic heterocycles. The second-order valence-corrected chi connectivity index (χ2v) is 6.29. The Labute approximate surface area is 98.4 Å². The minimum Gasteiger partial charge on any atom is -0.373 e. The molecule has 0 unspecified atom stereocenters. The molecule has 0 radical (unpaired) electrons. The monoisotopic (exact) mass is 228 g/mol. The van der Waals surface area contributed by atoms with Gasteiger partial charge in [0.25, 0.3) is 0 Å². The van der Waals surface area contributed by atoms with Gasteiger partial charge in [0.2, 0.25) is 0 Å². The van der Waals surface area contributed by atoms with Crippen molar-refractivity contribution in [3.05, 3.63) is 0 Å². The van der Waals surface area contributed by atoms with Crippen molar-refractivity contribution in [2.75, 3.05) is 19.8 Å². The molecule has 94 valence electrons. The Kier molecular flexibility index (Phi) is 3.57. The van der Waals surface area contributed by atoms with Crippen LogP contribution >= 0.6 is 0 Å². The van der Waals surface area contributed by atoms with Crippen LogP contribution in [0.3, 0.4) is 0 Å². The number of hydrogen-bond acceptors (Lipinski definition) is 3. The molecule has 0 aromatic heterocycles. The summed E-state index contributed by atoms with van der Waals surface area (Å²) in [6.07, 6.45) is 1.67. The van der Waals surface area contributed by atoms with Crippen molar-refractivity contribution >= 4 is 0 Å². The molecule has 2 aliphatic rings. The molecule has 0 spiro atoms. The summed E-state index contributed by atoms with van der Waals surface area (Å²) in [5.41, 5.74) is 0.336. The van der Waals surface area contributed by atoms with Gasteiger partial charge in [0, 0.05) is 12.5 Å². The quantitative estimate of drug-likeness (QED) is 0.741. The van der Waals surface area contributed by atoms with Crippen molar-refractivity contribution < 1.29 is 14.2 Å². The molecule has 2 heterocycles. The molecular weight excluding hydrogens is 204 g/mol. The normalized spacial score (nSPS) is 39.0. The molecule has 4 atom stereocenters. The summed E-state index contributed by atoms with van der Waals surface area (Å²) in [5, 5.41) is 0. The third-order valence-corrected chi connectivity index (χ3v) is 3.44. The van der Waals surface area contributed by atoms with Crippen LogP contribution in [0.15, 0.2) is 0 Å². The van der Waals surface area contributed by atoms with Crippen LogP contribution in [0.4, 0.5) is 0 Å². The Morgan fingerprint density at radius 1 is 1.12 bits per heavy atom. The number of ether oxygens (including phenoxy) is 3. The van der Waals surface area contributed by atoms with Crippen molar-refractivity contribution in [3.63, 3.8) is 0 Å². The first-order valence-corrected chi connectivity index (χ1v) is 6.32. The minimum absolute atomic E-state index is 0.150. The topological polar surface area (TPSA) is 27.7 Å². The van der Waals surface area contributed by atoms with Crippen LogP contribution in [0, 0.1) is 11.3 Å². The standard InChI is InChI=1S/C13H24O3/c1-9-7-15-12-10(8-16-11(9)12)14-6-5-13(2,3)4/h9-12H,5-8H2,1-4H3/t9-,10+,11-,12-/m1/s1. The zero-order valence-electron chi connectivity index (χ0n) is 10.9. The predicted molar refractivity (Wildman–Crippen MR) is 62.5 cm³/mol. The van der Waals surface area contributed by atoms with Crippen LogP contribution in [0.25, 0.3) is 0 Å². The summed E-state index contributed by atoms with van der Waals surface area (Å²) >= 11 is 0.